The van der Waals surface area contributed by atoms with Crippen molar-refractivity contribution in [2.45, 2.75) is 24.8 Å². The van der Waals surface area contributed by atoms with Crippen molar-refractivity contribution in [2.24, 2.45) is 4.99 Å². The number of nitrogens with zero attached hydrogens (tertiary/aromatic N) is 5. The molecule has 2 radical (unpaired) electrons. The van der Waals surface area contributed by atoms with E-state index < -0.39 is 0 Å². The van der Waals surface area contributed by atoms with Gasteiger partial charge in [-0.2, -0.15) is 0 Å². The molecule has 3 aromatic rings. The minimum absolute atomic E-state index is 0.121. The summed E-state index contributed by atoms with van der Waals surface area (Å²) in [6.07, 6.45) is 7.66. The van der Waals surface area contributed by atoms with Gasteiger partial charge in [-0.1, -0.05) is 30.1 Å². The zero-order valence-electron chi connectivity index (χ0n) is 16.7. The van der Waals surface area contributed by atoms with Gasteiger partial charge in [-0.3, -0.25) is 9.88 Å². The van der Waals surface area contributed by atoms with Crippen molar-refractivity contribution >= 4 is 53.3 Å². The second-order valence-electron chi connectivity index (χ2n) is 7.27. The number of aliphatic imine (C=N–C) groups is 1. The summed E-state index contributed by atoms with van der Waals surface area (Å²) in [5.41, 5.74) is 5.89. The van der Waals surface area contributed by atoms with Gasteiger partial charge in [0.2, 0.25) is 0 Å². The number of thioether (sulfide) groups is 1. The Hall–Kier alpha value is -2.64. The lowest BCUT2D eigenvalue weighted by Crippen LogP contribution is -2.30. The molecule has 1 unspecified atom stereocenters. The average molecular weight is 430 g/mol. The molecule has 0 bridgehead atoms. The first kappa shape index (κ1) is 19.3. The molecule has 2 aliphatic rings. The molecule has 0 saturated carbocycles. The number of allylic oxidation sites excluding steroid dienone is 1. The lowest BCUT2D eigenvalue weighted by atomic mass is 9.89. The SMILES string of the molecule is [B]c1cc2c(nc1-c1cccnc1SC)N1C(=CC(C)c3nccc(C)c31)N=C2Cl. The van der Waals surface area contributed by atoms with Crippen molar-refractivity contribution in [3.8, 4) is 11.3 Å². The molecule has 1 atom stereocenters. The summed E-state index contributed by atoms with van der Waals surface area (Å²) in [7, 11) is 6.42. The number of pyridine rings is 3. The van der Waals surface area contributed by atoms with E-state index in [0.29, 0.717) is 27.7 Å². The summed E-state index contributed by atoms with van der Waals surface area (Å²) < 4.78 is 0. The Labute approximate surface area is 185 Å². The molecule has 0 fully saturated rings. The summed E-state index contributed by atoms with van der Waals surface area (Å²) >= 11 is 8.12. The number of hydrogen-bond donors (Lipinski definition) is 0. The molecule has 3 aromatic heterocycles. The predicted octanol–water partition coefficient (Wildman–Crippen LogP) is 4.46. The Bertz CT molecular complexity index is 1260. The molecule has 0 aliphatic carbocycles. The zero-order valence-corrected chi connectivity index (χ0v) is 18.3. The highest BCUT2D eigenvalue weighted by Gasteiger charge is 2.34. The lowest BCUT2D eigenvalue weighted by Gasteiger charge is -2.36. The highest BCUT2D eigenvalue weighted by Crippen LogP contribution is 2.45. The molecule has 0 aromatic carbocycles. The molecular formula is C22H17BClN5S. The molecule has 0 spiro atoms. The van der Waals surface area contributed by atoms with Gasteiger partial charge in [-0.25, -0.2) is 15.0 Å². The van der Waals surface area contributed by atoms with Gasteiger partial charge in [0.25, 0.3) is 0 Å². The monoisotopic (exact) mass is 429 g/mol. The topological polar surface area (TPSA) is 54.3 Å². The van der Waals surface area contributed by atoms with E-state index in [-0.39, 0.29) is 5.92 Å². The van der Waals surface area contributed by atoms with Crippen LogP contribution in [0.15, 0.2) is 58.6 Å². The molecular weight excluding hydrogens is 413 g/mol. The molecule has 30 heavy (non-hydrogen) atoms. The van der Waals surface area contributed by atoms with Gasteiger partial charge in [-0.15, -0.1) is 11.8 Å². The van der Waals surface area contributed by atoms with Crippen LogP contribution in [0.5, 0.6) is 0 Å². The van der Waals surface area contributed by atoms with Crippen molar-refractivity contribution in [1.29, 1.82) is 0 Å². The average Bonchev–Trinajstić information content (AvgIpc) is 2.74. The maximum atomic E-state index is 6.57. The van der Waals surface area contributed by atoms with Gasteiger partial charge < -0.3 is 0 Å². The second kappa shape index (κ2) is 7.25. The molecule has 5 rings (SSSR count). The fraction of sp³-hybridized carbons (Fsp3) is 0.182. The molecule has 5 heterocycles. The van der Waals surface area contributed by atoms with Gasteiger partial charge in [0.05, 0.1) is 22.6 Å². The van der Waals surface area contributed by atoms with Crippen molar-refractivity contribution in [1.82, 2.24) is 15.0 Å². The van der Waals surface area contributed by atoms with Gasteiger partial charge in [0.1, 0.15) is 29.7 Å². The van der Waals surface area contributed by atoms with Crippen LogP contribution in [0.4, 0.5) is 11.5 Å². The molecule has 2 aliphatic heterocycles. The summed E-state index contributed by atoms with van der Waals surface area (Å²) in [5.74, 6) is 1.57. The molecule has 0 amide bonds. The lowest BCUT2D eigenvalue weighted by molar-refractivity contribution is 0.837. The molecule has 0 N–H and O–H groups in total. The van der Waals surface area contributed by atoms with E-state index in [1.165, 1.54) is 0 Å². The Balaban J connectivity index is 1.80. The van der Waals surface area contributed by atoms with E-state index in [4.69, 9.17) is 24.4 Å². The molecule has 8 heteroatoms. The van der Waals surface area contributed by atoms with Crippen LogP contribution in [0.25, 0.3) is 11.3 Å². The number of rotatable bonds is 2. The first-order chi connectivity index (χ1) is 14.5. The van der Waals surface area contributed by atoms with Crippen LogP contribution in [0, 0.1) is 6.92 Å². The molecule has 5 nitrogen and oxygen atoms in total. The Morgan fingerprint density at radius 1 is 1.17 bits per heavy atom. The number of fused-ring (bicyclic) bond motifs is 5. The second-order valence-corrected chi connectivity index (χ2v) is 8.42. The van der Waals surface area contributed by atoms with Crippen LogP contribution in [0.2, 0.25) is 0 Å². The first-order valence-corrected chi connectivity index (χ1v) is 11.1. The quantitative estimate of drug-likeness (QED) is 0.445. The minimum atomic E-state index is 0.121. The number of aromatic nitrogens is 3. The zero-order chi connectivity index (χ0) is 21.0. The molecule has 146 valence electrons. The van der Waals surface area contributed by atoms with Crippen LogP contribution in [-0.4, -0.2) is 34.2 Å². The standard InChI is InChI=1S/C22H17BClN5S/c1-11-6-8-25-17-12(2)9-16-27-20(24)14-10-15(23)18(28-21(14)29(16)19(11)17)13-5-4-7-26-22(13)30-3/h4-10,12H,1-3H3. The van der Waals surface area contributed by atoms with Gasteiger partial charge in [-0.05, 0) is 43.0 Å². The van der Waals surface area contributed by atoms with E-state index in [2.05, 4.69) is 34.9 Å². The maximum Gasteiger partial charge on any atom is 0.149 e. The van der Waals surface area contributed by atoms with Crippen LogP contribution in [0.1, 0.15) is 29.7 Å². The van der Waals surface area contributed by atoms with E-state index in [1.54, 1.807) is 18.0 Å². The van der Waals surface area contributed by atoms with E-state index in [9.17, 15) is 0 Å². The highest BCUT2D eigenvalue weighted by molar-refractivity contribution is 7.98. The third-order valence-corrected chi connectivity index (χ3v) is 6.34. The summed E-state index contributed by atoms with van der Waals surface area (Å²) in [6.45, 7) is 4.18. The van der Waals surface area contributed by atoms with E-state index in [0.717, 1.165) is 33.4 Å². The van der Waals surface area contributed by atoms with E-state index in [1.807, 2.05) is 41.6 Å². The minimum Gasteiger partial charge on any atom is -0.276 e. The Morgan fingerprint density at radius 2 is 2.00 bits per heavy atom. The third kappa shape index (κ3) is 2.88. The van der Waals surface area contributed by atoms with Gasteiger partial charge in [0.15, 0.2) is 0 Å². The maximum absolute atomic E-state index is 6.57. The third-order valence-electron chi connectivity index (χ3n) is 5.34. The van der Waals surface area contributed by atoms with Crippen molar-refractivity contribution in [2.75, 3.05) is 11.2 Å². The van der Waals surface area contributed by atoms with Gasteiger partial charge in [0, 0.05) is 23.9 Å². The van der Waals surface area contributed by atoms with Crippen molar-refractivity contribution in [3.05, 3.63) is 65.4 Å². The Morgan fingerprint density at radius 3 is 2.80 bits per heavy atom. The number of hydrogen-bond acceptors (Lipinski definition) is 6. The summed E-state index contributed by atoms with van der Waals surface area (Å²) in [5, 5.41) is 1.25. The number of anilines is 2. The van der Waals surface area contributed by atoms with Crippen molar-refractivity contribution < 1.29 is 0 Å². The normalized spacial score (nSPS) is 16.9. The van der Waals surface area contributed by atoms with Crippen LogP contribution >= 0.6 is 23.4 Å². The highest BCUT2D eigenvalue weighted by atomic mass is 35.5. The van der Waals surface area contributed by atoms with Crippen LogP contribution in [0.3, 0.4) is 0 Å². The smallest absolute Gasteiger partial charge is 0.149 e. The van der Waals surface area contributed by atoms with E-state index >= 15 is 0 Å². The number of aryl methyl sites for hydroxylation is 1. The molecule has 0 saturated heterocycles. The fourth-order valence-corrected chi connectivity index (χ4v) is 4.72. The van der Waals surface area contributed by atoms with Gasteiger partial charge >= 0.3 is 0 Å². The fourth-order valence-electron chi connectivity index (χ4n) is 3.94. The van der Waals surface area contributed by atoms with Crippen LogP contribution < -0.4 is 10.4 Å². The summed E-state index contributed by atoms with van der Waals surface area (Å²) in [4.78, 5) is 20.8. The van der Waals surface area contributed by atoms with Crippen molar-refractivity contribution in [3.63, 3.8) is 0 Å². The first-order valence-electron chi connectivity index (χ1n) is 9.51. The largest absolute Gasteiger partial charge is 0.276 e. The Kier molecular flexibility index (Phi) is 4.67. The number of halogens is 1. The summed E-state index contributed by atoms with van der Waals surface area (Å²) in [6, 6.07) is 7.72. The predicted molar refractivity (Wildman–Crippen MR) is 125 cm³/mol. The van der Waals surface area contributed by atoms with Crippen LogP contribution in [-0.2, 0) is 0 Å².